The van der Waals surface area contributed by atoms with E-state index in [-0.39, 0.29) is 12.5 Å². The van der Waals surface area contributed by atoms with Crippen molar-refractivity contribution >= 4 is 5.91 Å². The highest BCUT2D eigenvalue weighted by atomic mass is 16.5. The molecule has 0 fully saturated rings. The second-order valence-corrected chi connectivity index (χ2v) is 5.76. The van der Waals surface area contributed by atoms with Gasteiger partial charge in [0.05, 0.1) is 7.11 Å². The number of nitrogens with one attached hydrogen (secondary N) is 1. The largest absolute Gasteiger partial charge is 0.496 e. The summed E-state index contributed by atoms with van der Waals surface area (Å²) in [6.07, 6.45) is 1.10. The normalized spacial score (nSPS) is 11.6. The minimum atomic E-state index is -0.160. The van der Waals surface area contributed by atoms with Crippen LogP contribution in [0.25, 0.3) is 0 Å². The fraction of sp³-hybridized carbons (Fsp3) is 0.350. The van der Waals surface area contributed by atoms with Gasteiger partial charge in [0.2, 0.25) is 0 Å². The molecule has 1 unspecified atom stereocenters. The van der Waals surface area contributed by atoms with Gasteiger partial charge in [0, 0.05) is 12.1 Å². The molecule has 24 heavy (non-hydrogen) atoms. The van der Waals surface area contributed by atoms with Crippen LogP contribution >= 0.6 is 0 Å². The number of ether oxygens (including phenoxy) is 2. The first-order valence-corrected chi connectivity index (χ1v) is 8.25. The Labute approximate surface area is 143 Å². The third kappa shape index (κ3) is 5.01. The summed E-state index contributed by atoms with van der Waals surface area (Å²) in [5.74, 6) is 1.84. The lowest BCUT2D eigenvalue weighted by Gasteiger charge is -2.12. The fourth-order valence-corrected chi connectivity index (χ4v) is 2.37. The number of methoxy groups -OCH3 is 1. The molecule has 2 aromatic carbocycles. The van der Waals surface area contributed by atoms with Gasteiger partial charge < -0.3 is 14.8 Å². The minimum absolute atomic E-state index is 0.00216. The molecule has 0 aliphatic carbocycles. The number of rotatable bonds is 8. The molecule has 4 nitrogen and oxygen atoms in total. The lowest BCUT2D eigenvalue weighted by molar-refractivity contribution is -0.123. The van der Waals surface area contributed by atoms with Gasteiger partial charge in [0.25, 0.3) is 5.91 Å². The third-order valence-electron chi connectivity index (χ3n) is 4.10. The zero-order valence-corrected chi connectivity index (χ0v) is 14.5. The topological polar surface area (TPSA) is 47.6 Å². The summed E-state index contributed by atoms with van der Waals surface area (Å²) in [6.45, 7) is 4.78. The molecule has 0 bridgehead atoms. The van der Waals surface area contributed by atoms with Crippen LogP contribution in [0.4, 0.5) is 0 Å². The molecule has 2 rings (SSSR count). The molecule has 0 aromatic heterocycles. The lowest BCUT2D eigenvalue weighted by Crippen LogP contribution is -2.28. The summed E-state index contributed by atoms with van der Waals surface area (Å²) >= 11 is 0. The standard InChI is InChI=1S/C20H25NO3/c1-4-15(2)16-9-11-18(12-10-16)24-14-20(22)21-13-17-7-5-6-8-19(17)23-3/h5-12,15H,4,13-14H2,1-3H3,(H,21,22). The van der Waals surface area contributed by atoms with Gasteiger partial charge in [-0.1, -0.05) is 44.2 Å². The Morgan fingerprint density at radius 1 is 1.12 bits per heavy atom. The van der Waals surface area contributed by atoms with Crippen molar-refractivity contribution in [3.63, 3.8) is 0 Å². The summed E-state index contributed by atoms with van der Waals surface area (Å²) < 4.78 is 10.8. The highest BCUT2D eigenvalue weighted by Gasteiger charge is 2.07. The lowest BCUT2D eigenvalue weighted by atomic mass is 9.99. The van der Waals surface area contributed by atoms with Gasteiger partial charge in [-0.2, -0.15) is 0 Å². The average Bonchev–Trinajstić information content (AvgIpc) is 2.64. The number of hydrogen-bond acceptors (Lipinski definition) is 3. The molecule has 1 atom stereocenters. The summed E-state index contributed by atoms with van der Waals surface area (Å²) in [5, 5.41) is 2.84. The van der Waals surface area contributed by atoms with Gasteiger partial charge in [-0.05, 0) is 36.1 Å². The first-order valence-electron chi connectivity index (χ1n) is 8.25. The SMILES string of the molecule is CCC(C)c1ccc(OCC(=O)NCc2ccccc2OC)cc1. The first kappa shape index (κ1) is 17.9. The van der Waals surface area contributed by atoms with Gasteiger partial charge in [-0.25, -0.2) is 0 Å². The highest BCUT2D eigenvalue weighted by Crippen LogP contribution is 2.21. The Bertz CT molecular complexity index is 652. The Balaban J connectivity index is 1.81. The maximum absolute atomic E-state index is 11.9. The molecule has 0 aliphatic rings. The summed E-state index contributed by atoms with van der Waals surface area (Å²) in [6, 6.07) is 15.5. The molecule has 0 radical (unpaired) electrons. The predicted molar refractivity (Wildman–Crippen MR) is 95.5 cm³/mol. The van der Waals surface area contributed by atoms with Gasteiger partial charge in [0.15, 0.2) is 6.61 Å². The summed E-state index contributed by atoms with van der Waals surface area (Å²) in [7, 11) is 1.62. The van der Waals surface area contributed by atoms with Gasteiger partial charge in [-0.3, -0.25) is 4.79 Å². The van der Waals surface area contributed by atoms with E-state index in [0.717, 1.165) is 17.7 Å². The van der Waals surface area contributed by atoms with Crippen LogP contribution in [0.2, 0.25) is 0 Å². The van der Waals surface area contributed by atoms with Crippen LogP contribution in [-0.2, 0) is 11.3 Å². The Morgan fingerprint density at radius 2 is 1.83 bits per heavy atom. The third-order valence-corrected chi connectivity index (χ3v) is 4.10. The van der Waals surface area contributed by atoms with E-state index in [4.69, 9.17) is 9.47 Å². The number of hydrogen-bond donors (Lipinski definition) is 1. The maximum Gasteiger partial charge on any atom is 0.258 e. The van der Waals surface area contributed by atoms with Gasteiger partial charge in [0.1, 0.15) is 11.5 Å². The Hall–Kier alpha value is -2.49. The zero-order chi connectivity index (χ0) is 17.4. The van der Waals surface area contributed by atoms with Crippen LogP contribution in [0.15, 0.2) is 48.5 Å². The van der Waals surface area contributed by atoms with Crippen LogP contribution in [-0.4, -0.2) is 19.6 Å². The molecule has 0 saturated heterocycles. The van der Waals surface area contributed by atoms with Crippen molar-refractivity contribution in [1.29, 1.82) is 0 Å². The molecule has 4 heteroatoms. The van der Waals surface area contributed by atoms with Crippen molar-refractivity contribution < 1.29 is 14.3 Å². The van der Waals surface area contributed by atoms with Crippen molar-refractivity contribution in [2.45, 2.75) is 32.7 Å². The van der Waals surface area contributed by atoms with Crippen molar-refractivity contribution in [2.24, 2.45) is 0 Å². The second kappa shape index (κ2) is 8.96. The molecule has 1 amide bonds. The van der Waals surface area contributed by atoms with Crippen LogP contribution in [0.3, 0.4) is 0 Å². The summed E-state index contributed by atoms with van der Waals surface area (Å²) in [4.78, 5) is 11.9. The predicted octanol–water partition coefficient (Wildman–Crippen LogP) is 3.90. The maximum atomic E-state index is 11.9. The van der Waals surface area contributed by atoms with Crippen molar-refractivity contribution in [3.8, 4) is 11.5 Å². The van der Waals surface area contributed by atoms with E-state index in [1.807, 2.05) is 36.4 Å². The van der Waals surface area contributed by atoms with Crippen molar-refractivity contribution in [1.82, 2.24) is 5.32 Å². The van der Waals surface area contributed by atoms with Crippen LogP contribution < -0.4 is 14.8 Å². The molecular formula is C20H25NO3. The average molecular weight is 327 g/mol. The zero-order valence-electron chi connectivity index (χ0n) is 14.5. The molecule has 0 heterocycles. The number of para-hydroxylation sites is 1. The Kier molecular flexibility index (Phi) is 6.67. The number of amides is 1. The second-order valence-electron chi connectivity index (χ2n) is 5.76. The smallest absolute Gasteiger partial charge is 0.258 e. The van der Waals surface area contributed by atoms with E-state index >= 15 is 0 Å². The van der Waals surface area contributed by atoms with E-state index in [2.05, 4.69) is 31.3 Å². The number of benzene rings is 2. The first-order chi connectivity index (χ1) is 11.6. The van der Waals surface area contributed by atoms with E-state index in [1.54, 1.807) is 7.11 Å². The Morgan fingerprint density at radius 3 is 2.50 bits per heavy atom. The molecule has 0 saturated carbocycles. The van der Waals surface area contributed by atoms with Crippen LogP contribution in [0.1, 0.15) is 37.3 Å². The van der Waals surface area contributed by atoms with Crippen LogP contribution in [0, 0.1) is 0 Å². The number of carbonyl (C=O) groups excluding carboxylic acids is 1. The molecule has 0 aliphatic heterocycles. The van der Waals surface area contributed by atoms with Gasteiger partial charge in [-0.15, -0.1) is 0 Å². The number of carbonyl (C=O) groups is 1. The molecule has 128 valence electrons. The molecule has 1 N–H and O–H groups in total. The van der Waals surface area contributed by atoms with Crippen molar-refractivity contribution in [2.75, 3.05) is 13.7 Å². The van der Waals surface area contributed by atoms with E-state index < -0.39 is 0 Å². The monoisotopic (exact) mass is 327 g/mol. The van der Waals surface area contributed by atoms with E-state index in [0.29, 0.717) is 18.2 Å². The van der Waals surface area contributed by atoms with E-state index in [1.165, 1.54) is 5.56 Å². The fourth-order valence-electron chi connectivity index (χ4n) is 2.37. The van der Waals surface area contributed by atoms with Gasteiger partial charge >= 0.3 is 0 Å². The van der Waals surface area contributed by atoms with Crippen molar-refractivity contribution in [3.05, 3.63) is 59.7 Å². The minimum Gasteiger partial charge on any atom is -0.496 e. The molecular weight excluding hydrogens is 302 g/mol. The quantitative estimate of drug-likeness (QED) is 0.800. The highest BCUT2D eigenvalue weighted by molar-refractivity contribution is 5.77. The van der Waals surface area contributed by atoms with Crippen LogP contribution in [0.5, 0.6) is 11.5 Å². The molecule has 0 spiro atoms. The van der Waals surface area contributed by atoms with E-state index in [9.17, 15) is 4.79 Å². The summed E-state index contributed by atoms with van der Waals surface area (Å²) in [5.41, 5.74) is 2.22. The molecule has 2 aromatic rings.